The first-order chi connectivity index (χ1) is 14.8. The Morgan fingerprint density at radius 2 is 2.06 bits per heavy atom. The maximum Gasteiger partial charge on any atom is 0.246 e. The quantitative estimate of drug-likeness (QED) is 0.774. The van der Waals surface area contributed by atoms with Gasteiger partial charge in [0, 0.05) is 37.3 Å². The molecule has 6 heteroatoms. The van der Waals surface area contributed by atoms with E-state index in [4.69, 9.17) is 0 Å². The Balaban J connectivity index is 1.29. The van der Waals surface area contributed by atoms with Gasteiger partial charge >= 0.3 is 0 Å². The molecule has 0 radical (unpaired) electrons. The van der Waals surface area contributed by atoms with Crippen LogP contribution in [0.4, 0.5) is 0 Å². The van der Waals surface area contributed by atoms with Gasteiger partial charge in [-0.05, 0) is 73.7 Å². The second-order valence-electron chi connectivity index (χ2n) is 11.0. The van der Waals surface area contributed by atoms with Crippen LogP contribution < -0.4 is 5.32 Å². The first kappa shape index (κ1) is 20.8. The number of hydrogen-bond donors (Lipinski definition) is 2. The van der Waals surface area contributed by atoms with Crippen molar-refractivity contribution in [3.05, 3.63) is 30.4 Å². The highest BCUT2D eigenvalue weighted by Crippen LogP contribution is 2.65. The number of carbonyl (C=O) groups is 2. The zero-order valence-corrected chi connectivity index (χ0v) is 19.1. The molecule has 3 aliphatic carbocycles. The van der Waals surface area contributed by atoms with Gasteiger partial charge in [0.25, 0.3) is 0 Å². The zero-order valence-electron chi connectivity index (χ0n) is 19.1. The van der Waals surface area contributed by atoms with Gasteiger partial charge in [0.1, 0.15) is 5.82 Å². The van der Waals surface area contributed by atoms with E-state index in [-0.39, 0.29) is 22.6 Å². The number of aromatic amines is 1. The lowest BCUT2D eigenvalue weighted by Gasteiger charge is -2.60. The number of nitrogens with zero attached hydrogens (tertiary/aromatic N) is 2. The summed E-state index contributed by atoms with van der Waals surface area (Å²) in [6, 6.07) is 0.334. The van der Waals surface area contributed by atoms with E-state index in [1.165, 1.54) is 25.7 Å². The molecule has 2 amide bonds. The molecule has 4 aliphatic rings. The van der Waals surface area contributed by atoms with E-state index >= 15 is 0 Å². The summed E-state index contributed by atoms with van der Waals surface area (Å²) in [5.41, 5.74) is 0.345. The molecule has 2 heterocycles. The Morgan fingerprint density at radius 3 is 2.84 bits per heavy atom. The third-order valence-electron chi connectivity index (χ3n) is 9.76. The maximum atomic E-state index is 12.7. The first-order valence-corrected chi connectivity index (χ1v) is 12.0. The van der Waals surface area contributed by atoms with Crippen molar-refractivity contribution in [2.24, 2.45) is 34.5 Å². The van der Waals surface area contributed by atoms with Crippen LogP contribution in [0.1, 0.15) is 64.6 Å². The Kier molecular flexibility index (Phi) is 5.02. The van der Waals surface area contributed by atoms with Crippen molar-refractivity contribution in [1.82, 2.24) is 20.2 Å². The number of likely N-dealkylation sites (N-methyl/N-ethyl adjacent to an activating group) is 1. The van der Waals surface area contributed by atoms with Crippen molar-refractivity contribution >= 4 is 11.8 Å². The van der Waals surface area contributed by atoms with Gasteiger partial charge in [-0.15, -0.1) is 0 Å². The zero-order chi connectivity index (χ0) is 21.8. The molecule has 7 atom stereocenters. The number of aromatic nitrogens is 2. The number of amides is 2. The van der Waals surface area contributed by atoms with E-state index < -0.39 is 0 Å². The lowest BCUT2D eigenvalue weighted by Crippen LogP contribution is -2.59. The number of hydrogen-bond acceptors (Lipinski definition) is 3. The summed E-state index contributed by atoms with van der Waals surface area (Å²) < 4.78 is 0. The number of rotatable bonds is 4. The minimum atomic E-state index is 0.0887. The Labute approximate surface area is 185 Å². The average molecular weight is 425 g/mol. The fraction of sp³-hybridized carbons (Fsp3) is 0.720. The monoisotopic (exact) mass is 424 g/mol. The van der Waals surface area contributed by atoms with Crippen LogP contribution >= 0.6 is 0 Å². The predicted octanol–water partition coefficient (Wildman–Crippen LogP) is 3.67. The van der Waals surface area contributed by atoms with Gasteiger partial charge in [-0.3, -0.25) is 9.59 Å². The van der Waals surface area contributed by atoms with E-state index in [1.54, 1.807) is 12.4 Å². The summed E-state index contributed by atoms with van der Waals surface area (Å²) in [6.45, 7) is 5.33. The van der Waals surface area contributed by atoms with Gasteiger partial charge in [-0.2, -0.15) is 0 Å². The molecule has 0 saturated heterocycles. The van der Waals surface area contributed by atoms with Gasteiger partial charge in [0.2, 0.25) is 11.8 Å². The second-order valence-corrected chi connectivity index (χ2v) is 11.0. The van der Waals surface area contributed by atoms with Crippen LogP contribution in [-0.2, 0) is 16.1 Å². The summed E-state index contributed by atoms with van der Waals surface area (Å²) in [6.07, 6.45) is 15.3. The van der Waals surface area contributed by atoms with E-state index in [0.29, 0.717) is 42.7 Å². The van der Waals surface area contributed by atoms with E-state index in [0.717, 1.165) is 18.7 Å². The summed E-state index contributed by atoms with van der Waals surface area (Å²) in [5.74, 6) is 3.62. The molecule has 168 valence electrons. The number of nitrogens with one attached hydrogen (secondary N) is 2. The highest BCUT2D eigenvalue weighted by atomic mass is 16.2. The fourth-order valence-electron chi connectivity index (χ4n) is 8.06. The highest BCUT2D eigenvalue weighted by Gasteiger charge is 2.60. The van der Waals surface area contributed by atoms with Crippen LogP contribution in [0.15, 0.2) is 24.5 Å². The molecular weight excluding hydrogens is 388 g/mol. The van der Waals surface area contributed by atoms with Gasteiger partial charge in [-0.25, -0.2) is 4.98 Å². The normalized spacial score (nSPS) is 41.5. The van der Waals surface area contributed by atoms with Crippen molar-refractivity contribution in [2.45, 2.75) is 71.4 Å². The van der Waals surface area contributed by atoms with Crippen LogP contribution in [0.3, 0.4) is 0 Å². The molecule has 6 nitrogen and oxygen atoms in total. The third-order valence-corrected chi connectivity index (χ3v) is 9.76. The summed E-state index contributed by atoms with van der Waals surface area (Å²) >= 11 is 0. The van der Waals surface area contributed by atoms with Crippen LogP contribution in [0.25, 0.3) is 0 Å². The van der Waals surface area contributed by atoms with Crippen molar-refractivity contribution in [2.75, 3.05) is 7.05 Å². The van der Waals surface area contributed by atoms with Gasteiger partial charge in [-0.1, -0.05) is 19.9 Å². The fourth-order valence-corrected chi connectivity index (χ4v) is 8.06. The topological polar surface area (TPSA) is 78.1 Å². The largest absolute Gasteiger partial charge is 0.349 e. The molecule has 3 saturated carbocycles. The molecule has 0 aromatic carbocycles. The SMILES string of the molecule is CN1C(=O)C=C[C@]2(C)[C@H]3CC[C@]4(C)[C@@H](CC(=O)NCc5ncc[nH]5)CC[C@H]4[C@@H]3CC[C@@H]12. The highest BCUT2D eigenvalue weighted by molar-refractivity contribution is 5.89. The van der Waals surface area contributed by atoms with Gasteiger partial charge < -0.3 is 15.2 Å². The van der Waals surface area contributed by atoms with Crippen molar-refractivity contribution in [1.29, 1.82) is 0 Å². The maximum absolute atomic E-state index is 12.7. The van der Waals surface area contributed by atoms with E-state index in [9.17, 15) is 9.59 Å². The lowest BCUT2D eigenvalue weighted by atomic mass is 9.47. The average Bonchev–Trinajstić information content (AvgIpc) is 3.38. The number of carbonyl (C=O) groups excluding carboxylic acids is 2. The number of fused-ring (bicyclic) bond motifs is 5. The molecule has 1 aromatic heterocycles. The molecule has 5 rings (SSSR count). The molecule has 0 bridgehead atoms. The van der Waals surface area contributed by atoms with Gasteiger partial charge in [0.15, 0.2) is 0 Å². The molecular formula is C25H36N4O2. The molecule has 31 heavy (non-hydrogen) atoms. The second kappa shape index (κ2) is 7.49. The van der Waals surface area contributed by atoms with Crippen LogP contribution in [0.2, 0.25) is 0 Å². The molecule has 2 N–H and O–H groups in total. The molecule has 0 unspecified atom stereocenters. The Morgan fingerprint density at radius 1 is 1.23 bits per heavy atom. The smallest absolute Gasteiger partial charge is 0.246 e. The molecule has 1 aliphatic heterocycles. The predicted molar refractivity (Wildman–Crippen MR) is 119 cm³/mol. The lowest BCUT2D eigenvalue weighted by molar-refractivity contribution is -0.139. The van der Waals surface area contributed by atoms with E-state index in [1.807, 2.05) is 18.0 Å². The molecule has 0 spiro atoms. The summed E-state index contributed by atoms with van der Waals surface area (Å²) in [5, 5.41) is 3.05. The number of imidazole rings is 1. The minimum absolute atomic E-state index is 0.0887. The standard InChI is InChI=1S/C25H36N4O2/c1-24-10-8-19-17(5-7-20-25(19,2)11-9-23(31)29(20)3)18(24)6-4-16(24)14-22(30)28-15-21-26-12-13-27-21/h9,11-13,16-20H,4-8,10,14-15H2,1-3H3,(H,26,27)(H,28,30)/t16-,17+,18+,19+,20-,24-,25-/m1/s1. The molecule has 1 aromatic rings. The van der Waals surface area contributed by atoms with Gasteiger partial charge in [0.05, 0.1) is 6.54 Å². The third kappa shape index (κ3) is 3.25. The summed E-state index contributed by atoms with van der Waals surface area (Å²) in [4.78, 5) is 34.2. The Hall–Kier alpha value is -2.11. The summed E-state index contributed by atoms with van der Waals surface area (Å²) in [7, 11) is 1.98. The van der Waals surface area contributed by atoms with Crippen LogP contribution in [-0.4, -0.2) is 39.8 Å². The molecule has 3 fully saturated rings. The minimum Gasteiger partial charge on any atom is -0.349 e. The van der Waals surface area contributed by atoms with Crippen LogP contribution in [0, 0.1) is 34.5 Å². The number of H-pyrrole nitrogens is 1. The van der Waals surface area contributed by atoms with Crippen molar-refractivity contribution in [3.8, 4) is 0 Å². The van der Waals surface area contributed by atoms with E-state index in [2.05, 4.69) is 35.2 Å². The van der Waals surface area contributed by atoms with Crippen molar-refractivity contribution < 1.29 is 9.59 Å². The van der Waals surface area contributed by atoms with Crippen molar-refractivity contribution in [3.63, 3.8) is 0 Å². The van der Waals surface area contributed by atoms with Crippen LogP contribution in [0.5, 0.6) is 0 Å². The Bertz CT molecular complexity index is 880. The first-order valence-electron chi connectivity index (χ1n) is 12.0.